The number of nitrogens with zero attached hydrogens (tertiary/aromatic N) is 2. The molecule has 1 saturated heterocycles. The monoisotopic (exact) mass is 304 g/mol. The first-order valence-corrected chi connectivity index (χ1v) is 8.29. The molecule has 0 aromatic carbocycles. The summed E-state index contributed by atoms with van der Waals surface area (Å²) in [4.78, 5) is 6.99. The highest BCUT2D eigenvalue weighted by molar-refractivity contribution is 7.80. The lowest BCUT2D eigenvalue weighted by Crippen LogP contribution is -2.39. The van der Waals surface area contributed by atoms with Crippen LogP contribution in [0.5, 0.6) is 0 Å². The summed E-state index contributed by atoms with van der Waals surface area (Å²) in [6, 6.07) is 4.73. The molecule has 2 N–H and O–H groups in total. The van der Waals surface area contributed by atoms with Crippen molar-refractivity contribution in [2.75, 3.05) is 23.3 Å². The molecule has 2 atom stereocenters. The van der Waals surface area contributed by atoms with Crippen LogP contribution in [0.1, 0.15) is 33.1 Å². The van der Waals surface area contributed by atoms with Crippen molar-refractivity contribution >= 4 is 28.8 Å². The molecule has 1 aliphatic heterocycles. The van der Waals surface area contributed by atoms with Crippen LogP contribution in [0.3, 0.4) is 0 Å². The van der Waals surface area contributed by atoms with Gasteiger partial charge in [-0.05, 0) is 55.4 Å². The van der Waals surface area contributed by atoms with Crippen molar-refractivity contribution < 1.29 is 0 Å². The fraction of sp³-hybridized carbons (Fsp3) is 0.625. The third-order valence-corrected chi connectivity index (χ3v) is 4.33. The molecule has 5 heteroatoms. The van der Waals surface area contributed by atoms with E-state index < -0.39 is 0 Å². The number of hydrogen-bond acceptors (Lipinski definition) is 3. The van der Waals surface area contributed by atoms with Crippen LogP contribution in [-0.2, 0) is 0 Å². The topological polar surface area (TPSA) is 40.2 Å². The van der Waals surface area contributed by atoms with E-state index in [1.165, 1.54) is 19.3 Å². The van der Waals surface area contributed by atoms with Crippen molar-refractivity contribution in [1.29, 1.82) is 0 Å². The van der Waals surface area contributed by atoms with E-state index in [0.717, 1.165) is 36.4 Å². The van der Waals surface area contributed by atoms with Crippen LogP contribution in [0.25, 0.3) is 0 Å². The zero-order chi connectivity index (χ0) is 14.8. The van der Waals surface area contributed by atoms with E-state index in [2.05, 4.69) is 46.5 Å². The maximum atomic E-state index is 5.28. The lowest BCUT2D eigenvalue weighted by atomic mass is 9.92. The van der Waals surface area contributed by atoms with Crippen LogP contribution < -0.4 is 15.5 Å². The largest absolute Gasteiger partial charge is 0.360 e. The van der Waals surface area contributed by atoms with Crippen LogP contribution in [0.15, 0.2) is 18.3 Å². The molecule has 2 fully saturated rings. The van der Waals surface area contributed by atoms with Crippen molar-refractivity contribution in [2.24, 2.45) is 11.8 Å². The normalized spacial score (nSPS) is 25.5. The predicted octanol–water partition coefficient (Wildman–Crippen LogP) is 3.01. The summed E-state index contributed by atoms with van der Waals surface area (Å²) in [7, 11) is 0. The van der Waals surface area contributed by atoms with E-state index in [1.54, 1.807) is 0 Å². The number of piperidine rings is 1. The maximum Gasteiger partial charge on any atom is 0.171 e. The van der Waals surface area contributed by atoms with Gasteiger partial charge in [0.1, 0.15) is 5.82 Å². The Morgan fingerprint density at radius 2 is 1.95 bits per heavy atom. The molecule has 3 rings (SSSR count). The molecule has 0 bridgehead atoms. The van der Waals surface area contributed by atoms with Crippen molar-refractivity contribution in [1.82, 2.24) is 10.3 Å². The van der Waals surface area contributed by atoms with Gasteiger partial charge in [0.15, 0.2) is 5.11 Å². The zero-order valence-corrected chi connectivity index (χ0v) is 13.6. The predicted molar refractivity (Wildman–Crippen MR) is 91.8 cm³/mol. The minimum absolute atomic E-state index is 0.577. The molecule has 21 heavy (non-hydrogen) atoms. The van der Waals surface area contributed by atoms with Crippen molar-refractivity contribution in [2.45, 2.75) is 39.2 Å². The molecular weight excluding hydrogens is 280 g/mol. The first kappa shape index (κ1) is 14.6. The lowest BCUT2D eigenvalue weighted by molar-refractivity contribution is 0.355. The van der Waals surface area contributed by atoms with Gasteiger partial charge >= 0.3 is 0 Å². The Morgan fingerprint density at radius 3 is 2.52 bits per heavy atom. The van der Waals surface area contributed by atoms with Crippen LogP contribution in [0.4, 0.5) is 11.5 Å². The molecule has 1 aromatic rings. The zero-order valence-electron chi connectivity index (χ0n) is 12.8. The van der Waals surface area contributed by atoms with E-state index in [1.807, 2.05) is 6.20 Å². The molecule has 1 saturated carbocycles. The molecular formula is C16H24N4S. The van der Waals surface area contributed by atoms with E-state index in [-0.39, 0.29) is 0 Å². The summed E-state index contributed by atoms with van der Waals surface area (Å²) in [6.45, 7) is 6.85. The lowest BCUT2D eigenvalue weighted by Gasteiger charge is -2.35. The number of rotatable bonds is 3. The fourth-order valence-corrected chi connectivity index (χ4v) is 3.36. The van der Waals surface area contributed by atoms with Crippen LogP contribution in [0.2, 0.25) is 0 Å². The average molecular weight is 304 g/mol. The molecule has 114 valence electrons. The third-order valence-electron chi connectivity index (χ3n) is 4.11. The summed E-state index contributed by atoms with van der Waals surface area (Å²) in [5.74, 6) is 2.55. The Hall–Kier alpha value is -1.36. The molecule has 1 aromatic heterocycles. The summed E-state index contributed by atoms with van der Waals surface area (Å²) in [5.41, 5.74) is 0.954. The smallest absolute Gasteiger partial charge is 0.171 e. The number of anilines is 2. The summed E-state index contributed by atoms with van der Waals surface area (Å²) < 4.78 is 0. The number of pyridine rings is 1. The highest BCUT2D eigenvalue weighted by Crippen LogP contribution is 2.25. The van der Waals surface area contributed by atoms with Crippen molar-refractivity contribution in [3.05, 3.63) is 18.3 Å². The van der Waals surface area contributed by atoms with Gasteiger partial charge in [-0.2, -0.15) is 0 Å². The summed E-state index contributed by atoms with van der Waals surface area (Å²) in [5, 5.41) is 7.18. The molecule has 0 spiro atoms. The number of thiocarbonyl (C=S) groups is 1. The van der Waals surface area contributed by atoms with E-state index in [0.29, 0.717) is 11.2 Å². The van der Waals surface area contributed by atoms with Crippen LogP contribution in [0, 0.1) is 11.8 Å². The SMILES string of the molecule is C[C@@H]1C[C@H](C)CN(c2ccc(NC(=S)NC3CC3)cn2)C1. The quantitative estimate of drug-likeness (QED) is 0.840. The van der Waals surface area contributed by atoms with Gasteiger partial charge in [-0.3, -0.25) is 0 Å². The second kappa shape index (κ2) is 6.18. The number of hydrogen-bond donors (Lipinski definition) is 2. The molecule has 0 unspecified atom stereocenters. The number of nitrogens with one attached hydrogen (secondary N) is 2. The molecule has 4 nitrogen and oxygen atoms in total. The van der Waals surface area contributed by atoms with Gasteiger partial charge in [0.05, 0.1) is 11.9 Å². The summed E-state index contributed by atoms with van der Waals surface area (Å²) in [6.07, 6.45) is 5.64. The second-order valence-electron chi connectivity index (χ2n) is 6.63. The van der Waals surface area contributed by atoms with E-state index in [4.69, 9.17) is 12.2 Å². The highest BCUT2D eigenvalue weighted by atomic mass is 32.1. The molecule has 1 aliphatic carbocycles. The molecule has 2 aliphatic rings. The Kier molecular flexibility index (Phi) is 4.29. The summed E-state index contributed by atoms with van der Waals surface area (Å²) >= 11 is 5.28. The van der Waals surface area contributed by atoms with Gasteiger partial charge in [-0.25, -0.2) is 4.98 Å². The Bertz CT molecular complexity index is 488. The molecule has 0 amide bonds. The van der Waals surface area contributed by atoms with Crippen molar-refractivity contribution in [3.8, 4) is 0 Å². The first-order chi connectivity index (χ1) is 10.1. The first-order valence-electron chi connectivity index (χ1n) is 7.88. The maximum absolute atomic E-state index is 5.28. The third kappa shape index (κ3) is 4.06. The highest BCUT2D eigenvalue weighted by Gasteiger charge is 2.23. The van der Waals surface area contributed by atoms with Gasteiger partial charge < -0.3 is 15.5 Å². The number of aromatic nitrogens is 1. The Balaban J connectivity index is 1.59. The minimum Gasteiger partial charge on any atom is -0.360 e. The van der Waals surface area contributed by atoms with Gasteiger partial charge in [-0.15, -0.1) is 0 Å². The van der Waals surface area contributed by atoms with Gasteiger partial charge in [0.25, 0.3) is 0 Å². The standard InChI is InChI=1S/C16H24N4S/c1-11-7-12(2)10-20(9-11)15-6-5-14(8-17-15)19-16(21)18-13-3-4-13/h5-6,8,11-13H,3-4,7,9-10H2,1-2H3,(H2,18,19,21)/t11-,12+. The molecule has 2 heterocycles. The van der Waals surface area contributed by atoms with Crippen LogP contribution in [-0.4, -0.2) is 29.2 Å². The van der Waals surface area contributed by atoms with Crippen LogP contribution >= 0.6 is 12.2 Å². The average Bonchev–Trinajstić information content (AvgIpc) is 3.22. The van der Waals surface area contributed by atoms with Gasteiger partial charge in [0.2, 0.25) is 0 Å². The van der Waals surface area contributed by atoms with E-state index in [9.17, 15) is 0 Å². The van der Waals surface area contributed by atoms with Gasteiger partial charge in [-0.1, -0.05) is 13.8 Å². The van der Waals surface area contributed by atoms with Gasteiger partial charge in [0, 0.05) is 19.1 Å². The fourth-order valence-electron chi connectivity index (χ4n) is 3.08. The Labute approximate surface area is 132 Å². The van der Waals surface area contributed by atoms with Crippen molar-refractivity contribution in [3.63, 3.8) is 0 Å². The minimum atomic E-state index is 0.577. The molecule has 0 radical (unpaired) electrons. The van der Waals surface area contributed by atoms with E-state index >= 15 is 0 Å². The second-order valence-corrected chi connectivity index (χ2v) is 7.04. The Morgan fingerprint density at radius 1 is 1.24 bits per heavy atom.